The van der Waals surface area contributed by atoms with E-state index in [4.69, 9.17) is 14.2 Å². The van der Waals surface area contributed by atoms with Crippen LogP contribution in [0.2, 0.25) is 0 Å². The highest BCUT2D eigenvalue weighted by atomic mass is 16.7. The van der Waals surface area contributed by atoms with Crippen LogP contribution < -0.4 is 24.8 Å². The molecule has 0 saturated carbocycles. The van der Waals surface area contributed by atoms with Crippen LogP contribution in [-0.4, -0.2) is 19.8 Å². The highest BCUT2D eigenvalue weighted by Gasteiger charge is 2.13. The zero-order valence-corrected chi connectivity index (χ0v) is 14.7. The summed E-state index contributed by atoms with van der Waals surface area (Å²) in [5.74, 6) is 2.01. The average Bonchev–Trinajstić information content (AvgIpc) is 3.17. The molecule has 6 nitrogen and oxygen atoms in total. The van der Waals surface area contributed by atoms with Crippen LogP contribution in [0.15, 0.2) is 66.7 Å². The molecule has 136 valence electrons. The number of anilines is 3. The monoisotopic (exact) mass is 362 g/mol. The maximum absolute atomic E-state index is 12.3. The van der Waals surface area contributed by atoms with E-state index in [0.717, 1.165) is 22.9 Å². The number of fused-ring (bicyclic) bond motifs is 1. The number of carbonyl (C=O) groups is 1. The summed E-state index contributed by atoms with van der Waals surface area (Å²) in [5, 5.41) is 6.17. The summed E-state index contributed by atoms with van der Waals surface area (Å²) in [5.41, 5.74) is 3.08. The molecule has 0 atom stereocenters. The van der Waals surface area contributed by atoms with Crippen molar-refractivity contribution >= 4 is 23.0 Å². The molecule has 1 heterocycles. The fraction of sp³-hybridized carbons (Fsp3) is 0.0952. The number of benzene rings is 3. The molecule has 0 spiro atoms. The maximum atomic E-state index is 12.3. The zero-order chi connectivity index (χ0) is 18.6. The summed E-state index contributed by atoms with van der Waals surface area (Å²) >= 11 is 0. The van der Waals surface area contributed by atoms with Crippen molar-refractivity contribution in [2.24, 2.45) is 0 Å². The molecule has 6 heteroatoms. The van der Waals surface area contributed by atoms with E-state index >= 15 is 0 Å². The van der Waals surface area contributed by atoms with Gasteiger partial charge in [0.2, 0.25) is 6.79 Å². The Labute approximate surface area is 156 Å². The van der Waals surface area contributed by atoms with Crippen molar-refractivity contribution in [1.29, 1.82) is 0 Å². The van der Waals surface area contributed by atoms with Gasteiger partial charge in [-0.25, -0.2) is 0 Å². The van der Waals surface area contributed by atoms with Gasteiger partial charge in [-0.1, -0.05) is 0 Å². The van der Waals surface area contributed by atoms with E-state index in [1.807, 2.05) is 42.5 Å². The number of hydrogen-bond acceptors (Lipinski definition) is 5. The molecule has 0 aliphatic carbocycles. The van der Waals surface area contributed by atoms with E-state index in [2.05, 4.69) is 10.6 Å². The molecule has 3 aromatic rings. The highest BCUT2D eigenvalue weighted by Crippen LogP contribution is 2.35. The first-order chi connectivity index (χ1) is 13.2. The second-order valence-corrected chi connectivity index (χ2v) is 5.95. The van der Waals surface area contributed by atoms with Gasteiger partial charge in [0.05, 0.1) is 7.11 Å². The van der Waals surface area contributed by atoms with E-state index < -0.39 is 0 Å². The van der Waals surface area contributed by atoms with Gasteiger partial charge in [-0.2, -0.15) is 0 Å². The van der Waals surface area contributed by atoms with Crippen LogP contribution in [0, 0.1) is 0 Å². The third kappa shape index (κ3) is 3.79. The number of hydrogen-bond donors (Lipinski definition) is 2. The molecule has 0 saturated heterocycles. The molecular weight excluding hydrogens is 344 g/mol. The van der Waals surface area contributed by atoms with Crippen LogP contribution in [0.25, 0.3) is 0 Å². The number of ether oxygens (including phenoxy) is 3. The molecule has 1 aliphatic heterocycles. The van der Waals surface area contributed by atoms with Crippen molar-refractivity contribution in [2.45, 2.75) is 0 Å². The SMILES string of the molecule is COc1ccc(C(=O)Nc2ccc(Nc3ccc4c(c3)OCO4)cc2)cc1. The van der Waals surface area contributed by atoms with Gasteiger partial charge in [0.15, 0.2) is 11.5 Å². The topological polar surface area (TPSA) is 68.8 Å². The van der Waals surface area contributed by atoms with Crippen molar-refractivity contribution in [3.63, 3.8) is 0 Å². The highest BCUT2D eigenvalue weighted by molar-refractivity contribution is 6.04. The molecule has 0 fully saturated rings. The van der Waals surface area contributed by atoms with Gasteiger partial charge in [0, 0.05) is 28.7 Å². The lowest BCUT2D eigenvalue weighted by Crippen LogP contribution is -2.11. The lowest BCUT2D eigenvalue weighted by Gasteiger charge is -2.09. The fourth-order valence-electron chi connectivity index (χ4n) is 2.72. The molecule has 0 aromatic heterocycles. The number of carbonyl (C=O) groups excluding carboxylic acids is 1. The Morgan fingerprint density at radius 2 is 1.52 bits per heavy atom. The van der Waals surface area contributed by atoms with Gasteiger partial charge >= 0.3 is 0 Å². The summed E-state index contributed by atoms with van der Waals surface area (Å²) in [6, 6.07) is 20.1. The Balaban J connectivity index is 1.40. The number of amides is 1. The van der Waals surface area contributed by atoms with Gasteiger partial charge in [0.25, 0.3) is 5.91 Å². The molecule has 3 aromatic carbocycles. The van der Waals surface area contributed by atoms with Crippen LogP contribution >= 0.6 is 0 Å². The normalized spacial score (nSPS) is 11.7. The number of methoxy groups -OCH3 is 1. The van der Waals surface area contributed by atoms with Crippen LogP contribution in [0.4, 0.5) is 17.1 Å². The van der Waals surface area contributed by atoms with Crippen molar-refractivity contribution in [2.75, 3.05) is 24.5 Å². The standard InChI is InChI=1S/C21H18N2O4/c1-25-18-9-2-14(3-10-18)21(24)23-16-6-4-15(5-7-16)22-17-8-11-19-20(12-17)27-13-26-19/h2-12,22H,13H2,1H3,(H,23,24). The van der Waals surface area contributed by atoms with Crippen LogP contribution in [-0.2, 0) is 0 Å². The smallest absolute Gasteiger partial charge is 0.255 e. The summed E-state index contributed by atoms with van der Waals surface area (Å²) < 4.78 is 15.8. The molecule has 0 bridgehead atoms. The molecule has 1 aliphatic rings. The van der Waals surface area contributed by atoms with E-state index in [0.29, 0.717) is 17.0 Å². The first-order valence-electron chi connectivity index (χ1n) is 8.43. The first-order valence-corrected chi connectivity index (χ1v) is 8.43. The summed E-state index contributed by atoms with van der Waals surface area (Å²) in [6.07, 6.45) is 0. The number of rotatable bonds is 5. The first kappa shape index (κ1) is 16.8. The third-order valence-electron chi connectivity index (χ3n) is 4.16. The van der Waals surface area contributed by atoms with Crippen LogP contribution in [0.3, 0.4) is 0 Å². The minimum absolute atomic E-state index is 0.172. The molecule has 27 heavy (non-hydrogen) atoms. The molecule has 2 N–H and O–H groups in total. The number of nitrogens with one attached hydrogen (secondary N) is 2. The molecule has 0 radical (unpaired) electrons. The minimum Gasteiger partial charge on any atom is -0.497 e. The Kier molecular flexibility index (Phi) is 4.53. The van der Waals surface area contributed by atoms with Gasteiger partial charge in [-0.05, 0) is 60.7 Å². The van der Waals surface area contributed by atoms with E-state index in [9.17, 15) is 4.79 Å². The van der Waals surface area contributed by atoms with Crippen molar-refractivity contribution in [1.82, 2.24) is 0 Å². The van der Waals surface area contributed by atoms with E-state index in [1.165, 1.54) is 0 Å². The predicted octanol–water partition coefficient (Wildman–Crippen LogP) is 4.42. The van der Waals surface area contributed by atoms with Gasteiger partial charge < -0.3 is 24.8 Å². The lowest BCUT2D eigenvalue weighted by atomic mass is 10.2. The van der Waals surface area contributed by atoms with Crippen molar-refractivity contribution < 1.29 is 19.0 Å². The van der Waals surface area contributed by atoms with Crippen LogP contribution in [0.1, 0.15) is 10.4 Å². The zero-order valence-electron chi connectivity index (χ0n) is 14.7. The molecule has 0 unspecified atom stereocenters. The second-order valence-electron chi connectivity index (χ2n) is 5.95. The quantitative estimate of drug-likeness (QED) is 0.703. The Bertz CT molecular complexity index is 953. The van der Waals surface area contributed by atoms with E-state index in [1.54, 1.807) is 31.4 Å². The Morgan fingerprint density at radius 3 is 2.26 bits per heavy atom. The van der Waals surface area contributed by atoms with Gasteiger partial charge in [-0.3, -0.25) is 4.79 Å². The van der Waals surface area contributed by atoms with Gasteiger partial charge in [0.1, 0.15) is 5.75 Å². The third-order valence-corrected chi connectivity index (χ3v) is 4.16. The Hall–Kier alpha value is -3.67. The van der Waals surface area contributed by atoms with Crippen LogP contribution in [0.5, 0.6) is 17.2 Å². The van der Waals surface area contributed by atoms with Crippen molar-refractivity contribution in [3.8, 4) is 17.2 Å². The fourth-order valence-corrected chi connectivity index (χ4v) is 2.72. The van der Waals surface area contributed by atoms with E-state index in [-0.39, 0.29) is 12.7 Å². The molecule has 1 amide bonds. The van der Waals surface area contributed by atoms with Gasteiger partial charge in [-0.15, -0.1) is 0 Å². The largest absolute Gasteiger partial charge is 0.497 e. The lowest BCUT2D eigenvalue weighted by molar-refractivity contribution is 0.102. The predicted molar refractivity (Wildman–Crippen MR) is 103 cm³/mol. The summed E-state index contributed by atoms with van der Waals surface area (Å²) in [4.78, 5) is 12.3. The average molecular weight is 362 g/mol. The van der Waals surface area contributed by atoms with Crippen molar-refractivity contribution in [3.05, 3.63) is 72.3 Å². The molecule has 4 rings (SSSR count). The Morgan fingerprint density at radius 1 is 0.852 bits per heavy atom. The summed E-state index contributed by atoms with van der Waals surface area (Å²) in [6.45, 7) is 0.251. The second kappa shape index (κ2) is 7.29. The maximum Gasteiger partial charge on any atom is 0.255 e. The summed E-state index contributed by atoms with van der Waals surface area (Å²) in [7, 11) is 1.59. The minimum atomic E-state index is -0.172. The molecular formula is C21H18N2O4.